The molecule has 9 heteroatoms. The molecule has 0 saturated carbocycles. The van der Waals surface area contributed by atoms with Crippen LogP contribution in [0.5, 0.6) is 0 Å². The fraction of sp³-hybridized carbons (Fsp3) is 0.901. The molecule has 0 heterocycles. The van der Waals surface area contributed by atoms with E-state index >= 15 is 0 Å². The van der Waals surface area contributed by atoms with Gasteiger partial charge in [-0.2, -0.15) is 0 Å². The van der Waals surface area contributed by atoms with Crippen LogP contribution in [0.4, 0.5) is 0 Å². The van der Waals surface area contributed by atoms with Crippen molar-refractivity contribution in [3.05, 3.63) is 24.3 Å². The molecule has 0 aliphatic carbocycles. The van der Waals surface area contributed by atoms with Crippen LogP contribution in [0.1, 0.15) is 354 Å². The Morgan fingerprint density at radius 2 is 0.637 bits per heavy atom. The second kappa shape index (κ2) is 62.8. The third kappa shape index (κ3) is 63.4. The van der Waals surface area contributed by atoms with Crippen molar-refractivity contribution in [3.63, 3.8) is 0 Å². The number of unbranched alkanes of at least 4 members (excludes halogenated alkanes) is 47. The molecule has 472 valence electrons. The zero-order chi connectivity index (χ0) is 58.3. The van der Waals surface area contributed by atoms with Gasteiger partial charge in [0.05, 0.1) is 40.3 Å². The van der Waals surface area contributed by atoms with Gasteiger partial charge in [0.15, 0.2) is 12.4 Å². The summed E-state index contributed by atoms with van der Waals surface area (Å²) >= 11 is 0. The van der Waals surface area contributed by atoms with Gasteiger partial charge in [0.2, 0.25) is 0 Å². The summed E-state index contributed by atoms with van der Waals surface area (Å²) in [6.07, 6.45) is 74.3. The quantitative estimate of drug-likeness (QED) is 0.0195. The van der Waals surface area contributed by atoms with Crippen molar-refractivity contribution in [3.8, 4) is 0 Å². The minimum atomic E-state index is -1.62. The summed E-state index contributed by atoms with van der Waals surface area (Å²) in [4.78, 5) is 37.4. The molecule has 0 amide bonds. The molecule has 0 rings (SSSR count). The molecular weight excluding hydrogens is 995 g/mol. The fourth-order valence-corrected chi connectivity index (χ4v) is 10.5. The molecule has 0 aliphatic rings. The maximum atomic E-state index is 12.9. The van der Waals surface area contributed by atoms with E-state index < -0.39 is 24.3 Å². The molecule has 0 aromatic rings. The van der Waals surface area contributed by atoms with E-state index in [1.54, 1.807) is 0 Å². The zero-order valence-corrected chi connectivity index (χ0v) is 54.0. The first-order valence-corrected chi connectivity index (χ1v) is 35.0. The third-order valence-electron chi connectivity index (χ3n) is 15.9. The maximum absolute atomic E-state index is 12.9. The van der Waals surface area contributed by atoms with Crippen LogP contribution in [0.2, 0.25) is 0 Å². The molecule has 0 aromatic heterocycles. The van der Waals surface area contributed by atoms with Gasteiger partial charge >= 0.3 is 11.9 Å². The average Bonchev–Trinajstić information content (AvgIpc) is 3.43. The van der Waals surface area contributed by atoms with Crippen LogP contribution in [-0.2, 0) is 33.3 Å². The van der Waals surface area contributed by atoms with Gasteiger partial charge in [0, 0.05) is 12.8 Å². The van der Waals surface area contributed by atoms with Crippen LogP contribution in [0, 0.1) is 0 Å². The second-order valence-electron chi connectivity index (χ2n) is 25.2. The molecule has 0 radical (unpaired) electrons. The van der Waals surface area contributed by atoms with E-state index in [1.165, 1.54) is 270 Å². The highest BCUT2D eigenvalue weighted by Crippen LogP contribution is 2.19. The van der Waals surface area contributed by atoms with Crippen molar-refractivity contribution in [1.82, 2.24) is 0 Å². The highest BCUT2D eigenvalue weighted by Gasteiger charge is 2.22. The van der Waals surface area contributed by atoms with Crippen molar-refractivity contribution < 1.29 is 42.9 Å². The molecular formula is C71H135NO8. The lowest BCUT2D eigenvalue weighted by Crippen LogP contribution is -2.44. The van der Waals surface area contributed by atoms with E-state index in [4.69, 9.17) is 18.9 Å². The Balaban J connectivity index is 3.93. The summed E-state index contributed by atoms with van der Waals surface area (Å²) in [5.74, 6) is -2.27. The summed E-state index contributed by atoms with van der Waals surface area (Å²) in [5.41, 5.74) is 0. The first-order chi connectivity index (χ1) is 39.1. The molecule has 0 aromatic carbocycles. The standard InChI is InChI=1S/C71H135NO8/c1-6-8-10-12-14-16-18-20-22-24-25-26-27-28-29-30-31-32-33-34-35-36-37-38-39-40-41-42-43-44-45-46-48-50-52-54-56-58-60-62-69(74)80-67(66-79-71(70(75)76)77-64-63-72(3,4)5)65-78-68(73)61-59-57-55-53-51-49-47-23-21-19-17-15-13-11-9-7-2/h23-25,47,67,71H,6-22,26-46,48-66H2,1-5H3/b25-24-,47-23-. The first kappa shape index (κ1) is 77.8. The number of likely N-dealkylation sites (N-methyl/N-ethyl adjacent to an activating group) is 1. The van der Waals surface area contributed by atoms with Crippen molar-refractivity contribution >= 4 is 17.9 Å². The molecule has 80 heavy (non-hydrogen) atoms. The molecule has 9 nitrogen and oxygen atoms in total. The number of carboxylic acid groups (broad SMARTS) is 1. The van der Waals surface area contributed by atoms with Crippen molar-refractivity contribution in [1.29, 1.82) is 0 Å². The van der Waals surface area contributed by atoms with E-state index in [2.05, 4.69) is 38.2 Å². The summed E-state index contributed by atoms with van der Waals surface area (Å²) < 4.78 is 22.8. The average molecular weight is 1130 g/mol. The first-order valence-electron chi connectivity index (χ1n) is 35.0. The molecule has 0 aliphatic heterocycles. The minimum absolute atomic E-state index is 0.150. The number of carboxylic acids is 1. The third-order valence-corrected chi connectivity index (χ3v) is 15.9. The van der Waals surface area contributed by atoms with Crippen molar-refractivity contribution in [2.45, 2.75) is 367 Å². The summed E-state index contributed by atoms with van der Waals surface area (Å²) in [6, 6.07) is 0. The number of carbonyl (C=O) groups is 3. The Hall–Kier alpha value is -2.23. The van der Waals surface area contributed by atoms with E-state index in [9.17, 15) is 19.5 Å². The highest BCUT2D eigenvalue weighted by atomic mass is 16.7. The number of nitrogens with zero attached hydrogens (tertiary/aromatic N) is 1. The van der Waals surface area contributed by atoms with Crippen LogP contribution >= 0.6 is 0 Å². The summed E-state index contributed by atoms with van der Waals surface area (Å²) in [6.45, 7) is 4.79. The van der Waals surface area contributed by atoms with Crippen molar-refractivity contribution in [2.75, 3.05) is 47.5 Å². The van der Waals surface area contributed by atoms with E-state index in [0.29, 0.717) is 11.0 Å². The summed E-state index contributed by atoms with van der Waals surface area (Å²) in [7, 11) is 5.94. The van der Waals surface area contributed by atoms with Gasteiger partial charge in [-0.25, -0.2) is 0 Å². The van der Waals surface area contributed by atoms with Gasteiger partial charge in [-0.15, -0.1) is 0 Å². The number of ether oxygens (including phenoxy) is 4. The number of allylic oxidation sites excluding steroid dienone is 4. The monoisotopic (exact) mass is 1130 g/mol. The Morgan fingerprint density at radius 3 is 0.925 bits per heavy atom. The molecule has 2 atom stereocenters. The minimum Gasteiger partial charge on any atom is -0.545 e. The van der Waals surface area contributed by atoms with Crippen LogP contribution in [0.25, 0.3) is 0 Å². The lowest BCUT2D eigenvalue weighted by molar-refractivity contribution is -0.870. The van der Waals surface area contributed by atoms with Gasteiger partial charge in [-0.1, -0.05) is 301 Å². The predicted molar refractivity (Wildman–Crippen MR) is 339 cm³/mol. The molecule has 0 saturated heterocycles. The molecule has 0 spiro atoms. The molecule has 0 fully saturated rings. The van der Waals surface area contributed by atoms with Gasteiger partial charge in [-0.3, -0.25) is 9.59 Å². The van der Waals surface area contributed by atoms with Gasteiger partial charge in [0.25, 0.3) is 0 Å². The van der Waals surface area contributed by atoms with Crippen LogP contribution in [-0.4, -0.2) is 82.3 Å². The van der Waals surface area contributed by atoms with Gasteiger partial charge in [-0.05, 0) is 64.2 Å². The van der Waals surface area contributed by atoms with Crippen LogP contribution in [0.3, 0.4) is 0 Å². The predicted octanol–water partition coefficient (Wildman–Crippen LogP) is 20.1. The number of hydrogen-bond donors (Lipinski definition) is 0. The molecule has 0 N–H and O–H groups in total. The van der Waals surface area contributed by atoms with Gasteiger partial charge < -0.3 is 33.3 Å². The number of quaternary nitrogens is 1. The highest BCUT2D eigenvalue weighted by molar-refractivity contribution is 5.70. The Kier molecular flexibility index (Phi) is 61.1. The Morgan fingerprint density at radius 1 is 0.362 bits per heavy atom. The smallest absolute Gasteiger partial charge is 0.306 e. The Labute approximate surface area is 497 Å². The number of carbonyl (C=O) groups excluding carboxylic acids is 3. The SMILES string of the molecule is CCCCCCCCC/C=C\CCCCCCCC(=O)OCC(COC(OCC[N+](C)(C)C)C(=O)[O-])OC(=O)CCCCCCCCCCCCCCCCCCCCCCCCCCCCC/C=C\CCCCCCCCCC. The number of hydrogen-bond acceptors (Lipinski definition) is 8. The normalized spacial score (nSPS) is 12.8. The molecule has 0 bridgehead atoms. The lowest BCUT2D eigenvalue weighted by atomic mass is 10.0. The topological polar surface area (TPSA) is 111 Å². The van der Waals surface area contributed by atoms with Crippen LogP contribution in [0.15, 0.2) is 24.3 Å². The second-order valence-corrected chi connectivity index (χ2v) is 25.2. The number of rotatable bonds is 66. The maximum Gasteiger partial charge on any atom is 0.306 e. The van der Waals surface area contributed by atoms with E-state index in [-0.39, 0.29) is 38.6 Å². The number of esters is 2. The van der Waals surface area contributed by atoms with Crippen molar-refractivity contribution in [2.24, 2.45) is 0 Å². The van der Waals surface area contributed by atoms with E-state index in [1.807, 2.05) is 21.1 Å². The lowest BCUT2D eigenvalue weighted by Gasteiger charge is -2.26. The fourth-order valence-electron chi connectivity index (χ4n) is 10.5. The summed E-state index contributed by atoms with van der Waals surface area (Å²) in [5, 5.41) is 11.8. The largest absolute Gasteiger partial charge is 0.545 e. The van der Waals surface area contributed by atoms with Crippen LogP contribution < -0.4 is 5.11 Å². The zero-order valence-electron chi connectivity index (χ0n) is 54.0. The van der Waals surface area contributed by atoms with E-state index in [0.717, 1.165) is 57.8 Å². The number of aliphatic carboxylic acids is 1. The van der Waals surface area contributed by atoms with Gasteiger partial charge in [0.1, 0.15) is 13.2 Å². The molecule has 2 unspecified atom stereocenters. The Bertz CT molecular complexity index is 1360.